The van der Waals surface area contributed by atoms with Gasteiger partial charge in [0.1, 0.15) is 0 Å². The number of nitrogens with zero attached hydrogens (tertiary/aromatic N) is 1. The van der Waals surface area contributed by atoms with Gasteiger partial charge in [-0.1, -0.05) is 18.2 Å². The minimum Gasteiger partial charge on any atom is -0.466 e. The summed E-state index contributed by atoms with van der Waals surface area (Å²) in [5.74, 6) is -0.844. The van der Waals surface area contributed by atoms with Gasteiger partial charge in [-0.2, -0.15) is 4.31 Å². The van der Waals surface area contributed by atoms with Crippen molar-refractivity contribution in [2.75, 3.05) is 19.7 Å². The van der Waals surface area contributed by atoms with Crippen molar-refractivity contribution < 1.29 is 23.1 Å². The van der Waals surface area contributed by atoms with E-state index in [-0.39, 0.29) is 31.0 Å². The Hall–Kier alpha value is -1.44. The summed E-state index contributed by atoms with van der Waals surface area (Å²) in [4.78, 5) is 11.7. The first-order valence-electron chi connectivity index (χ1n) is 6.84. The van der Waals surface area contributed by atoms with Crippen LogP contribution in [0.4, 0.5) is 0 Å². The SMILES string of the molecule is CCOC(=O)C[C@@H]1CN(S(=O)(=O)c2ccccc2)C[C@H]1O. The number of carbonyl (C=O) groups is 1. The molecule has 1 saturated heterocycles. The number of carbonyl (C=O) groups excluding carboxylic acids is 1. The maximum atomic E-state index is 12.4. The third-order valence-corrected chi connectivity index (χ3v) is 5.33. The molecule has 1 aliphatic heterocycles. The number of ether oxygens (including phenoxy) is 1. The second-order valence-corrected chi connectivity index (χ2v) is 6.91. The van der Waals surface area contributed by atoms with Crippen molar-refractivity contribution >= 4 is 16.0 Å². The van der Waals surface area contributed by atoms with E-state index in [0.29, 0.717) is 0 Å². The topological polar surface area (TPSA) is 83.9 Å². The van der Waals surface area contributed by atoms with Crippen molar-refractivity contribution in [3.05, 3.63) is 30.3 Å². The number of hydrogen-bond donors (Lipinski definition) is 1. The smallest absolute Gasteiger partial charge is 0.306 e. The van der Waals surface area contributed by atoms with E-state index >= 15 is 0 Å². The van der Waals surface area contributed by atoms with Gasteiger partial charge in [0.2, 0.25) is 10.0 Å². The van der Waals surface area contributed by atoms with Crippen LogP contribution in [0, 0.1) is 5.92 Å². The third kappa shape index (κ3) is 3.61. The fraction of sp³-hybridized carbons (Fsp3) is 0.500. The summed E-state index contributed by atoms with van der Waals surface area (Å²) < 4.78 is 30.9. The summed E-state index contributed by atoms with van der Waals surface area (Å²) in [5.41, 5.74) is 0. The molecule has 2 rings (SSSR count). The summed E-state index contributed by atoms with van der Waals surface area (Å²) >= 11 is 0. The molecule has 0 saturated carbocycles. The molecular formula is C14H19NO5S. The standard InChI is InChI=1S/C14H19NO5S/c1-2-20-14(17)8-11-9-15(10-13(11)16)21(18,19)12-6-4-3-5-7-12/h3-7,11,13,16H,2,8-10H2,1H3/t11-,13-/m1/s1. The number of benzene rings is 1. The van der Waals surface area contributed by atoms with Gasteiger partial charge in [0, 0.05) is 19.0 Å². The summed E-state index contributed by atoms with van der Waals surface area (Å²) in [5, 5.41) is 9.97. The van der Waals surface area contributed by atoms with Gasteiger partial charge in [-0.15, -0.1) is 0 Å². The van der Waals surface area contributed by atoms with Crippen LogP contribution in [0.2, 0.25) is 0 Å². The molecule has 1 N–H and O–H groups in total. The Kier molecular flexibility index (Phi) is 4.97. The first kappa shape index (κ1) is 15.9. The third-order valence-electron chi connectivity index (χ3n) is 3.49. The van der Waals surface area contributed by atoms with Gasteiger partial charge in [0.25, 0.3) is 0 Å². The van der Waals surface area contributed by atoms with Crippen molar-refractivity contribution in [3.63, 3.8) is 0 Å². The maximum Gasteiger partial charge on any atom is 0.306 e. The fourth-order valence-electron chi connectivity index (χ4n) is 2.39. The van der Waals surface area contributed by atoms with Gasteiger partial charge in [0.05, 0.1) is 24.0 Å². The number of sulfonamides is 1. The Bertz CT molecular complexity index is 587. The number of β-amino-alcohol motifs (C(OH)–C–C–N with tert-alkyl or cyclic N) is 1. The lowest BCUT2D eigenvalue weighted by Crippen LogP contribution is -2.29. The molecule has 0 radical (unpaired) electrons. The molecular weight excluding hydrogens is 294 g/mol. The van der Waals surface area contributed by atoms with E-state index in [1.54, 1.807) is 25.1 Å². The highest BCUT2D eigenvalue weighted by Gasteiger charge is 2.39. The summed E-state index contributed by atoms with van der Waals surface area (Å²) in [6, 6.07) is 8.06. The molecule has 1 aliphatic rings. The molecule has 1 fully saturated rings. The van der Waals surface area contributed by atoms with Crippen molar-refractivity contribution in [2.24, 2.45) is 5.92 Å². The molecule has 21 heavy (non-hydrogen) atoms. The zero-order valence-electron chi connectivity index (χ0n) is 11.8. The Morgan fingerprint density at radius 3 is 2.62 bits per heavy atom. The van der Waals surface area contributed by atoms with Crippen LogP contribution in [0.25, 0.3) is 0 Å². The van der Waals surface area contributed by atoms with Gasteiger partial charge in [0.15, 0.2) is 0 Å². The van der Waals surface area contributed by atoms with Crippen molar-refractivity contribution in [2.45, 2.75) is 24.3 Å². The number of aliphatic hydroxyl groups excluding tert-OH is 1. The number of hydrogen-bond acceptors (Lipinski definition) is 5. The van der Waals surface area contributed by atoms with Crippen LogP contribution in [0.15, 0.2) is 35.2 Å². The average molecular weight is 313 g/mol. The quantitative estimate of drug-likeness (QED) is 0.806. The van der Waals surface area contributed by atoms with E-state index in [9.17, 15) is 18.3 Å². The Balaban J connectivity index is 2.08. The van der Waals surface area contributed by atoms with Crippen LogP contribution >= 0.6 is 0 Å². The Morgan fingerprint density at radius 2 is 2.00 bits per heavy atom. The van der Waals surface area contributed by atoms with E-state index in [4.69, 9.17) is 4.74 Å². The van der Waals surface area contributed by atoms with Crippen LogP contribution in [-0.2, 0) is 19.6 Å². The van der Waals surface area contributed by atoms with Crippen LogP contribution in [0.3, 0.4) is 0 Å². The second-order valence-electron chi connectivity index (χ2n) is 4.97. The van der Waals surface area contributed by atoms with E-state index in [0.717, 1.165) is 0 Å². The van der Waals surface area contributed by atoms with Crippen LogP contribution in [-0.4, -0.2) is 49.6 Å². The van der Waals surface area contributed by atoms with E-state index in [1.807, 2.05) is 0 Å². The van der Waals surface area contributed by atoms with Gasteiger partial charge >= 0.3 is 5.97 Å². The lowest BCUT2D eigenvalue weighted by atomic mass is 10.0. The molecule has 1 aromatic rings. The van der Waals surface area contributed by atoms with Gasteiger partial charge < -0.3 is 9.84 Å². The Labute approximate surface area is 124 Å². The summed E-state index contributed by atoms with van der Waals surface area (Å²) in [6.07, 6.45) is -0.830. The largest absolute Gasteiger partial charge is 0.466 e. The molecule has 0 spiro atoms. The molecule has 0 aromatic heterocycles. The zero-order valence-corrected chi connectivity index (χ0v) is 12.6. The highest BCUT2D eigenvalue weighted by Crippen LogP contribution is 2.26. The predicted octanol–water partition coefficient (Wildman–Crippen LogP) is 0.621. The number of rotatable bonds is 5. The first-order chi connectivity index (χ1) is 9.95. The van der Waals surface area contributed by atoms with Crippen molar-refractivity contribution in [1.29, 1.82) is 0 Å². The van der Waals surface area contributed by atoms with Crippen LogP contribution in [0.5, 0.6) is 0 Å². The minimum absolute atomic E-state index is 0.00129. The zero-order chi connectivity index (χ0) is 15.5. The molecule has 7 heteroatoms. The molecule has 1 aromatic carbocycles. The lowest BCUT2D eigenvalue weighted by Gasteiger charge is -2.16. The second kappa shape index (κ2) is 6.55. The molecule has 0 bridgehead atoms. The lowest BCUT2D eigenvalue weighted by molar-refractivity contribution is -0.144. The molecule has 1 heterocycles. The molecule has 6 nitrogen and oxygen atoms in total. The minimum atomic E-state index is -3.63. The van der Waals surface area contributed by atoms with E-state index in [2.05, 4.69) is 0 Å². The van der Waals surface area contributed by atoms with Gasteiger partial charge in [-0.05, 0) is 19.1 Å². The molecule has 116 valence electrons. The summed E-state index contributed by atoms with van der Waals surface area (Å²) in [6.45, 7) is 2.10. The van der Waals surface area contributed by atoms with Crippen molar-refractivity contribution in [3.8, 4) is 0 Å². The fourth-order valence-corrected chi connectivity index (χ4v) is 3.92. The first-order valence-corrected chi connectivity index (χ1v) is 8.28. The number of esters is 1. The Morgan fingerprint density at radius 1 is 1.33 bits per heavy atom. The monoisotopic (exact) mass is 313 g/mol. The average Bonchev–Trinajstić information content (AvgIpc) is 2.82. The predicted molar refractivity (Wildman–Crippen MR) is 75.9 cm³/mol. The van der Waals surface area contributed by atoms with Gasteiger partial charge in [-0.3, -0.25) is 4.79 Å². The number of aliphatic hydroxyl groups is 1. The van der Waals surface area contributed by atoms with E-state index in [1.165, 1.54) is 16.4 Å². The highest BCUT2D eigenvalue weighted by atomic mass is 32.2. The molecule has 0 aliphatic carbocycles. The summed E-state index contributed by atoms with van der Waals surface area (Å²) in [7, 11) is -3.63. The van der Waals surface area contributed by atoms with Crippen molar-refractivity contribution in [1.82, 2.24) is 4.31 Å². The molecule has 2 atom stereocenters. The normalized spacial score (nSPS) is 23.1. The van der Waals surface area contributed by atoms with Crippen LogP contribution < -0.4 is 0 Å². The van der Waals surface area contributed by atoms with E-state index < -0.39 is 28.0 Å². The molecule has 0 unspecified atom stereocenters. The van der Waals surface area contributed by atoms with Gasteiger partial charge in [-0.25, -0.2) is 8.42 Å². The molecule has 0 amide bonds. The highest BCUT2D eigenvalue weighted by molar-refractivity contribution is 7.89. The maximum absolute atomic E-state index is 12.4. The van der Waals surface area contributed by atoms with Crippen LogP contribution in [0.1, 0.15) is 13.3 Å².